The Morgan fingerprint density at radius 2 is 1.18 bits per heavy atom. The minimum absolute atomic E-state index is 0.438. The summed E-state index contributed by atoms with van der Waals surface area (Å²) in [5.41, 5.74) is -4.90. The summed E-state index contributed by atoms with van der Waals surface area (Å²) in [6.07, 6.45) is -11.2. The Kier molecular flexibility index (Phi) is 2.17. The van der Waals surface area contributed by atoms with Gasteiger partial charge < -0.3 is 5.11 Å². The van der Waals surface area contributed by atoms with Gasteiger partial charge in [0.05, 0.1) is 0 Å². The van der Waals surface area contributed by atoms with Crippen molar-refractivity contribution in [1.29, 1.82) is 0 Å². The lowest BCUT2D eigenvalue weighted by atomic mass is 10.1. The van der Waals surface area contributed by atoms with Gasteiger partial charge in [-0.3, -0.25) is 0 Å². The lowest BCUT2D eigenvalue weighted by Gasteiger charge is -2.27. The zero-order valence-electron chi connectivity index (χ0n) is 5.22. The summed E-state index contributed by atoms with van der Waals surface area (Å²) < 4.78 is 68.8. The first-order chi connectivity index (χ1) is 4.50. The van der Waals surface area contributed by atoms with Crippen molar-refractivity contribution in [3.05, 3.63) is 0 Å². The van der Waals surface area contributed by atoms with Crippen molar-refractivity contribution >= 4 is 0 Å². The minimum atomic E-state index is -5.79. The van der Waals surface area contributed by atoms with Gasteiger partial charge in [0.15, 0.2) is 0 Å². The molecule has 11 heavy (non-hydrogen) atoms. The summed E-state index contributed by atoms with van der Waals surface area (Å²) in [7, 11) is 0. The molecule has 0 aromatic heterocycles. The van der Waals surface area contributed by atoms with Crippen LogP contribution in [0, 0.1) is 0 Å². The summed E-state index contributed by atoms with van der Waals surface area (Å²) >= 11 is 0. The van der Waals surface area contributed by atoms with E-state index in [-0.39, 0.29) is 0 Å². The van der Waals surface area contributed by atoms with E-state index in [4.69, 9.17) is 5.11 Å². The molecule has 0 rings (SSSR count). The first-order valence-electron chi connectivity index (χ1n) is 2.36. The van der Waals surface area contributed by atoms with Crippen LogP contribution in [0.2, 0.25) is 0 Å². The van der Waals surface area contributed by atoms with Gasteiger partial charge in [-0.2, -0.15) is 22.0 Å². The van der Waals surface area contributed by atoms with E-state index in [1.807, 2.05) is 0 Å². The predicted molar refractivity (Wildman–Crippen MR) is 22.7 cm³/mol. The third kappa shape index (κ3) is 1.76. The van der Waals surface area contributed by atoms with Gasteiger partial charge in [-0.25, -0.2) is 4.39 Å². The van der Waals surface area contributed by atoms with Crippen LogP contribution in [0.25, 0.3) is 0 Å². The molecular formula is C4H4F6O. The molecule has 0 saturated carbocycles. The van der Waals surface area contributed by atoms with E-state index >= 15 is 0 Å². The number of aliphatic hydroxyl groups is 1. The van der Waals surface area contributed by atoms with Gasteiger partial charge in [-0.15, -0.1) is 0 Å². The molecule has 0 aliphatic rings. The molecule has 1 atom stereocenters. The second-order valence-corrected chi connectivity index (χ2v) is 2.04. The molecule has 68 valence electrons. The summed E-state index contributed by atoms with van der Waals surface area (Å²) in [4.78, 5) is 0. The topological polar surface area (TPSA) is 20.2 Å². The van der Waals surface area contributed by atoms with Crippen molar-refractivity contribution in [2.24, 2.45) is 0 Å². The Morgan fingerprint density at radius 1 is 0.909 bits per heavy atom. The summed E-state index contributed by atoms with van der Waals surface area (Å²) in [6.45, 7) is -0.438. The third-order valence-corrected chi connectivity index (χ3v) is 1.10. The van der Waals surface area contributed by atoms with Crippen LogP contribution in [0.4, 0.5) is 26.3 Å². The summed E-state index contributed by atoms with van der Waals surface area (Å²) in [5.74, 6) is 0. The fourth-order valence-electron chi connectivity index (χ4n) is 0.171. The van der Waals surface area contributed by atoms with Crippen LogP contribution >= 0.6 is 0 Å². The first-order valence-corrected chi connectivity index (χ1v) is 2.36. The quantitative estimate of drug-likeness (QED) is 0.613. The predicted octanol–water partition coefficient (Wildman–Crippen LogP) is 1.86. The number of halogens is 6. The highest BCUT2D eigenvalue weighted by molar-refractivity contribution is 4.89. The van der Waals surface area contributed by atoms with Gasteiger partial charge in [0, 0.05) is 0 Å². The molecule has 1 N–H and O–H groups in total. The van der Waals surface area contributed by atoms with Crippen molar-refractivity contribution in [2.75, 3.05) is 0 Å². The van der Waals surface area contributed by atoms with E-state index < -0.39 is 24.9 Å². The van der Waals surface area contributed by atoms with Crippen molar-refractivity contribution in [3.8, 4) is 0 Å². The highest BCUT2D eigenvalue weighted by Gasteiger charge is 2.67. The lowest BCUT2D eigenvalue weighted by molar-refractivity contribution is -0.362. The van der Waals surface area contributed by atoms with Gasteiger partial charge in [-0.1, -0.05) is 0 Å². The Balaban J connectivity index is 4.75. The lowest BCUT2D eigenvalue weighted by Crippen LogP contribution is -2.52. The molecule has 0 unspecified atom stereocenters. The minimum Gasteiger partial charge on any atom is -0.334 e. The largest absolute Gasteiger partial charge is 0.430 e. The number of alkyl halides is 6. The van der Waals surface area contributed by atoms with Crippen molar-refractivity contribution in [2.45, 2.75) is 24.9 Å². The fourth-order valence-corrected chi connectivity index (χ4v) is 0.171. The zero-order valence-corrected chi connectivity index (χ0v) is 5.22. The van der Waals surface area contributed by atoms with Crippen molar-refractivity contribution < 1.29 is 31.4 Å². The maximum atomic E-state index is 12.0. The van der Waals surface area contributed by atoms with Crippen molar-refractivity contribution in [3.63, 3.8) is 0 Å². The number of hydrogen-bond acceptors (Lipinski definition) is 1. The van der Waals surface area contributed by atoms with Gasteiger partial charge >= 0.3 is 12.3 Å². The molecule has 0 aromatic rings. The van der Waals surface area contributed by atoms with Crippen LogP contribution in [0.5, 0.6) is 0 Å². The second kappa shape index (κ2) is 2.26. The zero-order chi connectivity index (χ0) is 9.50. The molecule has 0 aliphatic carbocycles. The molecule has 0 bridgehead atoms. The first kappa shape index (κ1) is 10.5. The highest BCUT2D eigenvalue weighted by Crippen LogP contribution is 2.43. The van der Waals surface area contributed by atoms with Crippen LogP contribution in [0.3, 0.4) is 0 Å². The molecular weight excluding hydrogens is 178 g/mol. The van der Waals surface area contributed by atoms with Gasteiger partial charge in [0.25, 0.3) is 5.67 Å². The Labute approximate surface area is 57.6 Å². The van der Waals surface area contributed by atoms with Crippen LogP contribution in [-0.4, -0.2) is 23.1 Å². The van der Waals surface area contributed by atoms with Gasteiger partial charge in [0.2, 0.25) is 0 Å². The average molecular weight is 182 g/mol. The van der Waals surface area contributed by atoms with Crippen LogP contribution in [-0.2, 0) is 0 Å². The van der Waals surface area contributed by atoms with Crippen LogP contribution in [0.1, 0.15) is 6.92 Å². The fraction of sp³-hybridized carbons (Fsp3) is 1.00. The molecule has 0 fully saturated rings. The molecule has 0 radical (unpaired) electrons. The standard InChI is InChI=1S/C4H4F6O/c1-2(5,3(6,7)8)4(9,10)11/h11H,1H3/t2-/m0/s1. The normalized spacial score (nSPS) is 19.6. The number of hydrogen-bond donors (Lipinski definition) is 1. The Morgan fingerprint density at radius 3 is 1.18 bits per heavy atom. The third-order valence-electron chi connectivity index (χ3n) is 1.10. The smallest absolute Gasteiger partial charge is 0.334 e. The molecule has 0 aromatic carbocycles. The van der Waals surface area contributed by atoms with E-state index in [1.165, 1.54) is 0 Å². The highest BCUT2D eigenvalue weighted by atomic mass is 19.4. The SMILES string of the molecule is C[C@@](F)(C(O)(F)F)C(F)(F)F. The molecule has 0 heterocycles. The summed E-state index contributed by atoms with van der Waals surface area (Å²) in [6, 6.07) is 0. The Hall–Kier alpha value is -0.460. The van der Waals surface area contributed by atoms with E-state index in [0.29, 0.717) is 0 Å². The van der Waals surface area contributed by atoms with E-state index in [0.717, 1.165) is 0 Å². The molecule has 0 saturated heterocycles. The van der Waals surface area contributed by atoms with E-state index in [1.54, 1.807) is 0 Å². The maximum absolute atomic E-state index is 12.0. The maximum Gasteiger partial charge on any atom is 0.430 e. The average Bonchev–Trinajstić information content (AvgIpc) is 1.58. The molecule has 0 spiro atoms. The monoisotopic (exact) mass is 182 g/mol. The van der Waals surface area contributed by atoms with E-state index in [9.17, 15) is 26.3 Å². The molecule has 0 aliphatic heterocycles. The molecule has 7 heteroatoms. The molecule has 0 amide bonds. The van der Waals surface area contributed by atoms with E-state index in [2.05, 4.69) is 0 Å². The van der Waals surface area contributed by atoms with Gasteiger partial charge in [-0.05, 0) is 6.92 Å². The Bertz CT molecular complexity index is 126. The van der Waals surface area contributed by atoms with Crippen molar-refractivity contribution in [1.82, 2.24) is 0 Å². The van der Waals surface area contributed by atoms with Gasteiger partial charge in [0.1, 0.15) is 0 Å². The summed E-state index contributed by atoms with van der Waals surface area (Å²) in [5, 5.41) is 7.45. The molecule has 1 nitrogen and oxygen atoms in total. The van der Waals surface area contributed by atoms with Crippen LogP contribution < -0.4 is 0 Å². The number of rotatable bonds is 1. The second-order valence-electron chi connectivity index (χ2n) is 2.04. The van der Waals surface area contributed by atoms with Crippen LogP contribution in [0.15, 0.2) is 0 Å².